The van der Waals surface area contributed by atoms with Crippen molar-refractivity contribution in [2.45, 2.75) is 6.92 Å². The van der Waals surface area contributed by atoms with Crippen molar-refractivity contribution in [1.82, 2.24) is 15.0 Å². The molecule has 0 radical (unpaired) electrons. The van der Waals surface area contributed by atoms with E-state index >= 15 is 0 Å². The zero-order valence-corrected chi connectivity index (χ0v) is 14.1. The fourth-order valence-corrected chi connectivity index (χ4v) is 4.33. The fraction of sp³-hybridized carbons (Fsp3) is 0.0667. The van der Waals surface area contributed by atoms with Gasteiger partial charge >= 0.3 is 0 Å². The monoisotopic (exact) mass is 377 g/mol. The van der Waals surface area contributed by atoms with Crippen molar-refractivity contribution >= 4 is 60.0 Å². The summed E-state index contributed by atoms with van der Waals surface area (Å²) < 4.78 is 2.05. The third kappa shape index (κ3) is 1.99. The molecule has 1 aromatic carbocycles. The minimum Gasteiger partial charge on any atom is -0.361 e. The van der Waals surface area contributed by atoms with Crippen LogP contribution in [0.5, 0.6) is 0 Å². The molecule has 0 aliphatic heterocycles. The first-order valence-corrected chi connectivity index (χ1v) is 8.32. The van der Waals surface area contributed by atoms with Crippen LogP contribution in [-0.4, -0.2) is 15.0 Å². The Balaban J connectivity index is 2.15. The van der Waals surface area contributed by atoms with Gasteiger partial charge in [-0.2, -0.15) is 0 Å². The van der Waals surface area contributed by atoms with Gasteiger partial charge in [0.25, 0.3) is 0 Å². The maximum absolute atomic E-state index is 6.13. The SMILES string of the molecule is Cc1sc2c(-c3cccc4[nH]ccc34)nc(Cl)nc2c1Br. The van der Waals surface area contributed by atoms with Gasteiger partial charge in [-0.25, -0.2) is 9.97 Å². The molecule has 21 heavy (non-hydrogen) atoms. The van der Waals surface area contributed by atoms with E-state index < -0.39 is 0 Å². The van der Waals surface area contributed by atoms with E-state index in [9.17, 15) is 0 Å². The van der Waals surface area contributed by atoms with Gasteiger partial charge in [0.15, 0.2) is 0 Å². The van der Waals surface area contributed by atoms with Crippen LogP contribution in [0.15, 0.2) is 34.9 Å². The van der Waals surface area contributed by atoms with E-state index in [-0.39, 0.29) is 5.28 Å². The molecule has 104 valence electrons. The molecule has 0 aliphatic rings. The molecule has 0 saturated heterocycles. The van der Waals surface area contributed by atoms with Crippen LogP contribution in [-0.2, 0) is 0 Å². The molecule has 3 aromatic heterocycles. The highest BCUT2D eigenvalue weighted by Crippen LogP contribution is 2.40. The molecule has 0 amide bonds. The molecule has 4 rings (SSSR count). The number of benzene rings is 1. The van der Waals surface area contributed by atoms with Gasteiger partial charge in [0.05, 0.1) is 14.9 Å². The second kappa shape index (κ2) is 4.80. The van der Waals surface area contributed by atoms with E-state index in [0.717, 1.165) is 36.8 Å². The van der Waals surface area contributed by atoms with E-state index in [2.05, 4.69) is 56.0 Å². The maximum Gasteiger partial charge on any atom is 0.223 e. The van der Waals surface area contributed by atoms with Crippen LogP contribution in [0.25, 0.3) is 32.4 Å². The maximum atomic E-state index is 6.13. The number of fused-ring (bicyclic) bond motifs is 2. The van der Waals surface area contributed by atoms with E-state index in [1.165, 1.54) is 4.88 Å². The molecular formula is C15H9BrClN3S. The van der Waals surface area contributed by atoms with Crippen molar-refractivity contribution in [3.8, 4) is 11.3 Å². The predicted octanol–water partition coefficient (Wildman–Crippen LogP) is 5.56. The molecule has 0 spiro atoms. The van der Waals surface area contributed by atoms with Crippen LogP contribution >= 0.6 is 38.9 Å². The van der Waals surface area contributed by atoms with E-state index in [4.69, 9.17) is 11.6 Å². The summed E-state index contributed by atoms with van der Waals surface area (Å²) in [6, 6.07) is 8.19. The topological polar surface area (TPSA) is 41.6 Å². The second-order valence-electron chi connectivity index (χ2n) is 4.74. The highest BCUT2D eigenvalue weighted by atomic mass is 79.9. The summed E-state index contributed by atoms with van der Waals surface area (Å²) in [6.45, 7) is 2.06. The van der Waals surface area contributed by atoms with Gasteiger partial charge in [0, 0.05) is 27.5 Å². The molecule has 0 atom stereocenters. The van der Waals surface area contributed by atoms with Crippen molar-refractivity contribution in [1.29, 1.82) is 0 Å². The molecule has 0 bridgehead atoms. The Morgan fingerprint density at radius 1 is 1.24 bits per heavy atom. The number of aryl methyl sites for hydroxylation is 1. The lowest BCUT2D eigenvalue weighted by molar-refractivity contribution is 1.23. The van der Waals surface area contributed by atoms with Crippen LogP contribution in [0.4, 0.5) is 0 Å². The van der Waals surface area contributed by atoms with Crippen molar-refractivity contribution in [2.75, 3.05) is 0 Å². The minimum absolute atomic E-state index is 0.267. The molecule has 0 fully saturated rings. The number of halogens is 2. The minimum atomic E-state index is 0.267. The zero-order chi connectivity index (χ0) is 14.6. The van der Waals surface area contributed by atoms with Gasteiger partial charge in [-0.3, -0.25) is 0 Å². The van der Waals surface area contributed by atoms with Gasteiger partial charge in [0.2, 0.25) is 5.28 Å². The third-order valence-corrected chi connectivity index (χ3v) is 5.96. The summed E-state index contributed by atoms with van der Waals surface area (Å²) in [6.07, 6.45) is 1.93. The van der Waals surface area contributed by atoms with E-state index in [1.807, 2.05) is 12.3 Å². The molecule has 4 aromatic rings. The van der Waals surface area contributed by atoms with Gasteiger partial charge < -0.3 is 4.98 Å². The lowest BCUT2D eigenvalue weighted by Gasteiger charge is -2.05. The normalized spacial score (nSPS) is 11.6. The van der Waals surface area contributed by atoms with Crippen molar-refractivity contribution in [3.05, 3.63) is 45.1 Å². The Labute approximate surface area is 138 Å². The number of aromatic nitrogens is 3. The van der Waals surface area contributed by atoms with E-state index in [0.29, 0.717) is 0 Å². The molecule has 3 nitrogen and oxygen atoms in total. The average molecular weight is 379 g/mol. The number of rotatable bonds is 1. The number of aromatic amines is 1. The number of hydrogen-bond acceptors (Lipinski definition) is 3. The molecule has 1 N–H and O–H groups in total. The highest BCUT2D eigenvalue weighted by molar-refractivity contribution is 9.10. The molecule has 0 unspecified atom stereocenters. The second-order valence-corrected chi connectivity index (χ2v) is 7.09. The quantitative estimate of drug-likeness (QED) is 0.440. The highest BCUT2D eigenvalue weighted by Gasteiger charge is 2.17. The summed E-state index contributed by atoms with van der Waals surface area (Å²) in [5.41, 5.74) is 3.91. The summed E-state index contributed by atoms with van der Waals surface area (Å²) in [4.78, 5) is 13.2. The molecule has 0 aliphatic carbocycles. The van der Waals surface area contributed by atoms with Crippen molar-refractivity contribution in [3.63, 3.8) is 0 Å². The van der Waals surface area contributed by atoms with Crippen molar-refractivity contribution < 1.29 is 0 Å². The number of H-pyrrole nitrogens is 1. The largest absolute Gasteiger partial charge is 0.361 e. The lowest BCUT2D eigenvalue weighted by Crippen LogP contribution is -1.89. The first-order chi connectivity index (χ1) is 10.1. The molecule has 3 heterocycles. The fourth-order valence-electron chi connectivity index (χ4n) is 2.51. The Morgan fingerprint density at radius 2 is 2.10 bits per heavy atom. The van der Waals surface area contributed by atoms with Crippen LogP contribution in [0.2, 0.25) is 5.28 Å². The van der Waals surface area contributed by atoms with E-state index in [1.54, 1.807) is 11.3 Å². The Bertz CT molecular complexity index is 989. The summed E-state index contributed by atoms with van der Waals surface area (Å²) in [5.74, 6) is 0. The number of hydrogen-bond donors (Lipinski definition) is 1. The molecular weight excluding hydrogens is 370 g/mol. The summed E-state index contributed by atoms with van der Waals surface area (Å²) in [7, 11) is 0. The Hall–Kier alpha value is -1.43. The van der Waals surface area contributed by atoms with Crippen LogP contribution in [0.1, 0.15) is 4.88 Å². The average Bonchev–Trinajstić information content (AvgIpc) is 3.05. The zero-order valence-electron chi connectivity index (χ0n) is 10.9. The molecule has 0 saturated carbocycles. The van der Waals surface area contributed by atoms with Crippen LogP contribution in [0.3, 0.4) is 0 Å². The predicted molar refractivity (Wildman–Crippen MR) is 92.2 cm³/mol. The van der Waals surface area contributed by atoms with Crippen LogP contribution in [0, 0.1) is 6.92 Å². The van der Waals surface area contributed by atoms with Gasteiger partial charge in [0.1, 0.15) is 5.52 Å². The Morgan fingerprint density at radius 3 is 2.95 bits per heavy atom. The summed E-state index contributed by atoms with van der Waals surface area (Å²) in [5, 5.41) is 1.40. The van der Waals surface area contributed by atoms with Gasteiger partial charge in [-0.05, 0) is 46.6 Å². The standard InChI is InChI=1S/C15H9BrClN3S/c1-7-11(16)13-14(21-7)12(19-15(17)20-13)9-3-2-4-10-8(9)5-6-18-10/h2-6,18H,1H3. The molecule has 6 heteroatoms. The van der Waals surface area contributed by atoms with Crippen LogP contribution < -0.4 is 0 Å². The first kappa shape index (κ1) is 13.2. The lowest BCUT2D eigenvalue weighted by atomic mass is 10.1. The number of nitrogens with zero attached hydrogens (tertiary/aromatic N) is 2. The van der Waals surface area contributed by atoms with Crippen molar-refractivity contribution in [2.24, 2.45) is 0 Å². The third-order valence-electron chi connectivity index (χ3n) is 3.46. The first-order valence-electron chi connectivity index (χ1n) is 6.34. The number of thiophene rings is 1. The van der Waals surface area contributed by atoms with Gasteiger partial charge in [-0.1, -0.05) is 12.1 Å². The Kier molecular flexibility index (Phi) is 3.03. The smallest absolute Gasteiger partial charge is 0.223 e. The summed E-state index contributed by atoms with van der Waals surface area (Å²) >= 11 is 11.4. The van der Waals surface area contributed by atoms with Gasteiger partial charge in [-0.15, -0.1) is 11.3 Å². The number of nitrogens with one attached hydrogen (secondary N) is 1.